The summed E-state index contributed by atoms with van der Waals surface area (Å²) >= 11 is 6.31. The number of halogens is 1. The Morgan fingerprint density at radius 1 is 1.07 bits per heavy atom. The van der Waals surface area contributed by atoms with Crippen molar-refractivity contribution in [1.29, 1.82) is 0 Å². The summed E-state index contributed by atoms with van der Waals surface area (Å²) in [4.78, 5) is 15.7. The smallest absolute Gasteiger partial charge is 0.263 e. The van der Waals surface area contributed by atoms with Crippen LogP contribution in [0.5, 0.6) is 5.75 Å². The van der Waals surface area contributed by atoms with E-state index in [1.54, 1.807) is 6.07 Å². The number of carbonyl (C=O) groups excluding carboxylic acids is 1. The number of aryl methyl sites for hydroxylation is 1. The van der Waals surface area contributed by atoms with Crippen LogP contribution in [0.2, 0.25) is 5.02 Å². The Labute approximate surface area is 245 Å². The second-order valence-electron chi connectivity index (χ2n) is 11.8. The zero-order valence-corrected chi connectivity index (χ0v) is 25.1. The predicted octanol–water partition coefficient (Wildman–Crippen LogP) is 6.22. The van der Waals surface area contributed by atoms with Gasteiger partial charge in [0.2, 0.25) is 0 Å². The van der Waals surface area contributed by atoms with Gasteiger partial charge in [0.25, 0.3) is 5.91 Å². The van der Waals surface area contributed by atoms with Gasteiger partial charge in [-0.1, -0.05) is 43.7 Å². The SMILES string of the molecule is CC(C)[C@@H]1C/C=C/C[C@H](O)[C@@H]2CC[C@H]2CN2CCCCc3cc(Cl)ccc3COc3ccc(cc32)C(=O)NS1=O. The first kappa shape index (κ1) is 29.2. The van der Waals surface area contributed by atoms with E-state index in [2.05, 4.69) is 9.62 Å². The fraction of sp³-hybridized carbons (Fsp3) is 0.531. The molecule has 6 nitrogen and oxygen atoms in total. The summed E-state index contributed by atoms with van der Waals surface area (Å²) in [6.45, 7) is 6.08. The molecule has 2 bridgehead atoms. The lowest BCUT2D eigenvalue weighted by Crippen LogP contribution is -2.43. The molecule has 0 aromatic heterocycles. The molecule has 5 atom stereocenters. The van der Waals surface area contributed by atoms with Crippen molar-refractivity contribution in [1.82, 2.24) is 4.72 Å². The van der Waals surface area contributed by atoms with Gasteiger partial charge in [0.15, 0.2) is 0 Å². The minimum absolute atomic E-state index is 0.125. The van der Waals surface area contributed by atoms with Crippen LogP contribution in [0.25, 0.3) is 0 Å². The standard InChI is InChI=1S/C32H41ClN2O4S/c1-21(2)31-9-4-3-8-29(36)27-14-11-24(27)19-35-16-6-5-7-22-17-26(33)13-10-25(22)20-39-30-15-12-23(18-28(30)35)32(37)34-40(31)38/h3-4,10,12-13,15,17-18,21,24,27,29,31,36H,5-9,11,14,16,19-20H2,1-2H3,(H,34,37)/b4-3+/t24-,27+,29-,31-,40?/m0/s1. The Balaban J connectivity index is 1.51. The number of fused-ring (bicyclic) bond motifs is 3. The number of anilines is 1. The monoisotopic (exact) mass is 584 g/mol. The Bertz CT molecular complexity index is 1270. The summed E-state index contributed by atoms with van der Waals surface area (Å²) in [7, 11) is -1.54. The van der Waals surface area contributed by atoms with Crippen molar-refractivity contribution in [3.8, 4) is 5.75 Å². The molecular weight excluding hydrogens is 544 g/mol. The van der Waals surface area contributed by atoms with Crippen LogP contribution < -0.4 is 14.4 Å². The molecule has 2 heterocycles. The fourth-order valence-corrected chi connectivity index (χ4v) is 7.59. The minimum atomic E-state index is -1.54. The van der Waals surface area contributed by atoms with E-state index in [1.807, 2.05) is 56.3 Å². The number of hydrogen-bond donors (Lipinski definition) is 2. The summed E-state index contributed by atoms with van der Waals surface area (Å²) in [6, 6.07) is 11.5. The van der Waals surface area contributed by atoms with Gasteiger partial charge in [-0.3, -0.25) is 9.52 Å². The van der Waals surface area contributed by atoms with Crippen molar-refractivity contribution >= 4 is 34.2 Å². The first-order chi connectivity index (χ1) is 19.3. The van der Waals surface area contributed by atoms with Crippen LogP contribution in [0.4, 0.5) is 5.69 Å². The molecule has 5 rings (SSSR count). The van der Waals surface area contributed by atoms with Crippen LogP contribution in [0.15, 0.2) is 48.6 Å². The molecule has 2 aromatic carbocycles. The lowest BCUT2D eigenvalue weighted by molar-refractivity contribution is 0.0180. The van der Waals surface area contributed by atoms with Crippen LogP contribution in [-0.2, 0) is 24.0 Å². The highest BCUT2D eigenvalue weighted by Gasteiger charge is 2.37. The molecular formula is C32H41ClN2O4S. The maximum absolute atomic E-state index is 13.3. The number of nitrogens with zero attached hydrogens (tertiary/aromatic N) is 1. The Hall–Kier alpha value is -2.35. The zero-order chi connectivity index (χ0) is 28.2. The average Bonchev–Trinajstić information content (AvgIpc) is 2.93. The number of nitrogens with one attached hydrogen (secondary N) is 1. The molecule has 0 radical (unpaired) electrons. The topological polar surface area (TPSA) is 78.9 Å². The van der Waals surface area contributed by atoms with Gasteiger partial charge in [0.1, 0.15) is 23.3 Å². The first-order valence-electron chi connectivity index (χ1n) is 14.6. The van der Waals surface area contributed by atoms with Gasteiger partial charge in [-0.2, -0.15) is 0 Å². The molecule has 1 saturated carbocycles. The number of amides is 1. The van der Waals surface area contributed by atoms with Crippen molar-refractivity contribution in [2.24, 2.45) is 17.8 Å². The maximum atomic E-state index is 13.3. The number of rotatable bonds is 1. The van der Waals surface area contributed by atoms with E-state index in [1.165, 1.54) is 5.56 Å². The summed E-state index contributed by atoms with van der Waals surface area (Å²) < 4.78 is 22.4. The van der Waals surface area contributed by atoms with E-state index in [-0.39, 0.29) is 23.0 Å². The highest BCUT2D eigenvalue weighted by molar-refractivity contribution is 7.84. The van der Waals surface area contributed by atoms with Crippen molar-refractivity contribution in [2.45, 2.75) is 76.8 Å². The van der Waals surface area contributed by atoms with Crippen LogP contribution in [0, 0.1) is 17.8 Å². The summed E-state index contributed by atoms with van der Waals surface area (Å²) in [5, 5.41) is 11.6. The van der Waals surface area contributed by atoms with E-state index in [0.29, 0.717) is 30.9 Å². The van der Waals surface area contributed by atoms with Crippen molar-refractivity contribution < 1.29 is 18.8 Å². The number of ether oxygens (including phenoxy) is 1. The van der Waals surface area contributed by atoms with Crippen LogP contribution in [-0.4, -0.2) is 39.7 Å². The van der Waals surface area contributed by atoms with Crippen LogP contribution in [0.3, 0.4) is 0 Å². The molecule has 1 unspecified atom stereocenters. The summed E-state index contributed by atoms with van der Waals surface area (Å²) in [5.41, 5.74) is 3.67. The number of allylic oxidation sites excluding steroid dienone is 1. The van der Waals surface area contributed by atoms with E-state index in [4.69, 9.17) is 16.3 Å². The third kappa shape index (κ3) is 6.75. The van der Waals surface area contributed by atoms with E-state index < -0.39 is 17.1 Å². The Morgan fingerprint density at radius 2 is 1.90 bits per heavy atom. The molecule has 216 valence electrons. The molecule has 3 aliphatic rings. The van der Waals surface area contributed by atoms with Crippen molar-refractivity contribution in [2.75, 3.05) is 18.0 Å². The maximum Gasteiger partial charge on any atom is 0.263 e. The number of aliphatic hydroxyl groups excluding tert-OH is 1. The van der Waals surface area contributed by atoms with Crippen molar-refractivity contribution in [3.63, 3.8) is 0 Å². The Kier molecular flexibility index (Phi) is 9.54. The van der Waals surface area contributed by atoms with Gasteiger partial charge in [-0.05, 0) is 104 Å². The molecule has 2 N–H and O–H groups in total. The zero-order valence-electron chi connectivity index (χ0n) is 23.5. The number of aliphatic hydroxyl groups is 1. The average molecular weight is 585 g/mol. The predicted molar refractivity (Wildman–Crippen MR) is 162 cm³/mol. The van der Waals surface area contributed by atoms with Gasteiger partial charge in [-0.25, -0.2) is 4.21 Å². The Morgan fingerprint density at radius 3 is 2.67 bits per heavy atom. The minimum Gasteiger partial charge on any atom is -0.487 e. The second kappa shape index (κ2) is 13.1. The number of hydrogen-bond acceptors (Lipinski definition) is 5. The molecule has 2 aromatic rings. The molecule has 40 heavy (non-hydrogen) atoms. The summed E-state index contributed by atoms with van der Waals surface area (Å²) in [6.07, 6.45) is 9.84. The van der Waals surface area contributed by atoms with Crippen LogP contribution in [0.1, 0.15) is 73.9 Å². The van der Waals surface area contributed by atoms with Gasteiger partial charge < -0.3 is 14.7 Å². The third-order valence-electron chi connectivity index (χ3n) is 8.79. The highest BCUT2D eigenvalue weighted by atomic mass is 35.5. The van der Waals surface area contributed by atoms with E-state index >= 15 is 0 Å². The molecule has 1 amide bonds. The van der Waals surface area contributed by atoms with Gasteiger partial charge in [0.05, 0.1) is 17.0 Å². The highest BCUT2D eigenvalue weighted by Crippen LogP contribution is 2.41. The lowest BCUT2D eigenvalue weighted by atomic mass is 9.69. The molecule has 0 spiro atoms. The van der Waals surface area contributed by atoms with E-state index in [9.17, 15) is 14.1 Å². The lowest BCUT2D eigenvalue weighted by Gasteiger charge is -2.43. The largest absolute Gasteiger partial charge is 0.487 e. The summed E-state index contributed by atoms with van der Waals surface area (Å²) in [5.74, 6) is 1.13. The molecule has 1 fully saturated rings. The van der Waals surface area contributed by atoms with Gasteiger partial charge in [-0.15, -0.1) is 0 Å². The fourth-order valence-electron chi connectivity index (χ4n) is 6.16. The molecule has 8 heteroatoms. The van der Waals surface area contributed by atoms with Gasteiger partial charge >= 0.3 is 0 Å². The third-order valence-corrected chi connectivity index (χ3v) is 10.7. The first-order valence-corrected chi connectivity index (χ1v) is 16.2. The second-order valence-corrected chi connectivity index (χ2v) is 13.7. The number of benzene rings is 2. The van der Waals surface area contributed by atoms with Crippen LogP contribution >= 0.6 is 11.6 Å². The molecule has 2 aliphatic heterocycles. The van der Waals surface area contributed by atoms with Gasteiger partial charge in [0, 0.05) is 23.7 Å². The van der Waals surface area contributed by atoms with E-state index in [0.717, 1.165) is 67.2 Å². The van der Waals surface area contributed by atoms with Crippen molar-refractivity contribution in [3.05, 3.63) is 70.3 Å². The normalized spacial score (nSPS) is 28.7. The molecule has 1 aliphatic carbocycles. The number of carbonyl (C=O) groups is 1. The molecule has 0 saturated heterocycles. The quantitative estimate of drug-likeness (QED) is 0.389.